The van der Waals surface area contributed by atoms with Crippen molar-refractivity contribution in [3.05, 3.63) is 24.3 Å². The molecule has 0 nitrogen and oxygen atoms in total. The second-order valence-electron chi connectivity index (χ2n) is 2.95. The zero-order valence-corrected chi connectivity index (χ0v) is 9.33. The van der Waals surface area contributed by atoms with Crippen LogP contribution in [0.5, 0.6) is 0 Å². The summed E-state index contributed by atoms with van der Waals surface area (Å²) in [5.74, 6) is 0.762. The molecule has 2 unspecified atom stereocenters. The van der Waals surface area contributed by atoms with E-state index in [-0.39, 0.29) is 0 Å². The minimum Gasteiger partial charge on any atom is -0.0970 e. The van der Waals surface area contributed by atoms with Gasteiger partial charge in [-0.1, -0.05) is 59.2 Å². The molecule has 1 aliphatic carbocycles. The smallest absolute Gasteiger partial charge is 0.0396 e. The van der Waals surface area contributed by atoms with E-state index in [9.17, 15) is 0 Å². The van der Waals surface area contributed by atoms with Crippen LogP contribution in [0.4, 0.5) is 0 Å². The minimum absolute atomic E-state index is 0.699. The normalized spacial score (nSPS) is 27.8. The number of hydrogen-bond acceptors (Lipinski definition) is 2. The van der Waals surface area contributed by atoms with Crippen molar-refractivity contribution >= 4 is 21.6 Å². The fourth-order valence-corrected chi connectivity index (χ4v) is 3.48. The summed E-state index contributed by atoms with van der Waals surface area (Å²) in [6.07, 6.45) is 13.8. The van der Waals surface area contributed by atoms with Crippen molar-refractivity contribution in [3.63, 3.8) is 0 Å². The third kappa shape index (κ3) is 2.91. The third-order valence-electron chi connectivity index (χ3n) is 2.02. The Hall–Kier alpha value is 0.180. The average molecular weight is 200 g/mol. The van der Waals surface area contributed by atoms with Gasteiger partial charge in [-0.2, -0.15) is 0 Å². The van der Waals surface area contributed by atoms with E-state index in [0.717, 1.165) is 5.92 Å². The highest BCUT2D eigenvalue weighted by atomic mass is 33.1. The van der Waals surface area contributed by atoms with Gasteiger partial charge in [0.1, 0.15) is 0 Å². The fourth-order valence-electron chi connectivity index (χ4n) is 1.44. The van der Waals surface area contributed by atoms with E-state index < -0.39 is 0 Å². The summed E-state index contributed by atoms with van der Waals surface area (Å²) in [4.78, 5) is 0. The van der Waals surface area contributed by atoms with Crippen LogP contribution in [0.1, 0.15) is 19.8 Å². The second kappa shape index (κ2) is 5.76. The summed E-state index contributed by atoms with van der Waals surface area (Å²) in [5, 5.41) is 0.699. The van der Waals surface area contributed by atoms with Gasteiger partial charge in [0.2, 0.25) is 0 Å². The topological polar surface area (TPSA) is 0 Å². The van der Waals surface area contributed by atoms with E-state index in [4.69, 9.17) is 0 Å². The largest absolute Gasteiger partial charge is 0.0970 e. The Bertz CT molecular complexity index is 153. The first-order valence-corrected chi connectivity index (χ1v) is 7.05. The number of hydrogen-bond donors (Lipinski definition) is 0. The van der Waals surface area contributed by atoms with Gasteiger partial charge < -0.3 is 0 Å². The zero-order chi connectivity index (χ0) is 8.81. The molecule has 0 saturated carbocycles. The second-order valence-corrected chi connectivity index (χ2v) is 5.60. The van der Waals surface area contributed by atoms with Crippen molar-refractivity contribution in [1.29, 1.82) is 0 Å². The fraction of sp³-hybridized carbons (Fsp3) is 0.600. The third-order valence-corrected chi connectivity index (χ3v) is 4.19. The molecule has 1 rings (SSSR count). The maximum Gasteiger partial charge on any atom is 0.0396 e. The molecule has 0 radical (unpaired) electrons. The van der Waals surface area contributed by atoms with Crippen LogP contribution in [0.25, 0.3) is 0 Å². The first-order valence-electron chi connectivity index (χ1n) is 4.43. The van der Waals surface area contributed by atoms with Gasteiger partial charge in [0.05, 0.1) is 0 Å². The van der Waals surface area contributed by atoms with Crippen molar-refractivity contribution in [1.82, 2.24) is 0 Å². The standard InChI is InChI=1S/C10H16S2/c1-3-6-9-7-4-5-8-10(9)12-11-2/h4-5,7-10H,3,6H2,1-2H3. The van der Waals surface area contributed by atoms with Crippen LogP contribution in [-0.2, 0) is 0 Å². The predicted molar refractivity (Wildman–Crippen MR) is 61.6 cm³/mol. The molecular weight excluding hydrogens is 184 g/mol. The molecular formula is C10H16S2. The minimum atomic E-state index is 0.699. The van der Waals surface area contributed by atoms with Gasteiger partial charge >= 0.3 is 0 Å². The van der Waals surface area contributed by atoms with Gasteiger partial charge in [-0.25, -0.2) is 0 Å². The first kappa shape index (κ1) is 10.3. The van der Waals surface area contributed by atoms with Crippen LogP contribution in [-0.4, -0.2) is 11.5 Å². The molecule has 0 fully saturated rings. The molecule has 0 amide bonds. The highest BCUT2D eigenvalue weighted by Gasteiger charge is 2.17. The molecule has 0 saturated heterocycles. The Balaban J connectivity index is 2.45. The van der Waals surface area contributed by atoms with Crippen LogP contribution < -0.4 is 0 Å². The number of rotatable bonds is 4. The van der Waals surface area contributed by atoms with E-state index in [1.807, 2.05) is 21.6 Å². The predicted octanol–water partition coefficient (Wildman–Crippen LogP) is 3.91. The summed E-state index contributed by atoms with van der Waals surface area (Å²) in [5.41, 5.74) is 0. The summed E-state index contributed by atoms with van der Waals surface area (Å²) in [6.45, 7) is 2.26. The molecule has 68 valence electrons. The van der Waals surface area contributed by atoms with Gasteiger partial charge in [0.25, 0.3) is 0 Å². The van der Waals surface area contributed by atoms with E-state index >= 15 is 0 Å². The van der Waals surface area contributed by atoms with Gasteiger partial charge in [-0.3, -0.25) is 0 Å². The summed E-state index contributed by atoms with van der Waals surface area (Å²) in [7, 11) is 3.85. The monoisotopic (exact) mass is 200 g/mol. The summed E-state index contributed by atoms with van der Waals surface area (Å²) >= 11 is 0. The zero-order valence-electron chi connectivity index (χ0n) is 7.69. The molecule has 0 bridgehead atoms. The van der Waals surface area contributed by atoms with Crippen LogP contribution in [0.15, 0.2) is 24.3 Å². The van der Waals surface area contributed by atoms with Crippen molar-refractivity contribution in [2.75, 3.05) is 6.26 Å². The van der Waals surface area contributed by atoms with E-state index in [0.29, 0.717) is 5.25 Å². The molecule has 0 N–H and O–H groups in total. The Morgan fingerprint density at radius 1 is 1.25 bits per heavy atom. The molecule has 0 heterocycles. The van der Waals surface area contributed by atoms with Crippen molar-refractivity contribution in [3.8, 4) is 0 Å². The summed E-state index contributed by atoms with van der Waals surface area (Å²) in [6, 6.07) is 0. The van der Waals surface area contributed by atoms with Crippen LogP contribution in [0, 0.1) is 5.92 Å². The Labute approximate surface area is 83.3 Å². The molecule has 2 heteroatoms. The number of allylic oxidation sites excluding steroid dienone is 3. The first-order chi connectivity index (χ1) is 5.88. The molecule has 0 spiro atoms. The van der Waals surface area contributed by atoms with Crippen molar-refractivity contribution in [2.24, 2.45) is 5.92 Å². The van der Waals surface area contributed by atoms with Crippen LogP contribution in [0.3, 0.4) is 0 Å². The maximum absolute atomic E-state index is 2.34. The SMILES string of the molecule is CCCC1C=CC=CC1SSC. The molecule has 0 aromatic rings. The van der Waals surface area contributed by atoms with Gasteiger partial charge in [0, 0.05) is 5.25 Å². The Morgan fingerprint density at radius 3 is 2.67 bits per heavy atom. The quantitative estimate of drug-likeness (QED) is 0.631. The lowest BCUT2D eigenvalue weighted by Gasteiger charge is -2.21. The van der Waals surface area contributed by atoms with Gasteiger partial charge in [-0.15, -0.1) is 0 Å². The lowest BCUT2D eigenvalue weighted by atomic mass is 9.96. The van der Waals surface area contributed by atoms with Crippen LogP contribution >= 0.6 is 21.6 Å². The van der Waals surface area contributed by atoms with Crippen molar-refractivity contribution in [2.45, 2.75) is 25.0 Å². The van der Waals surface area contributed by atoms with Crippen molar-refractivity contribution < 1.29 is 0 Å². The maximum atomic E-state index is 2.34. The van der Waals surface area contributed by atoms with E-state index in [1.54, 1.807) is 0 Å². The lowest BCUT2D eigenvalue weighted by Crippen LogP contribution is -2.13. The molecule has 0 aliphatic heterocycles. The lowest BCUT2D eigenvalue weighted by molar-refractivity contribution is 0.596. The molecule has 2 atom stereocenters. The van der Waals surface area contributed by atoms with Gasteiger partial charge in [0.15, 0.2) is 0 Å². The van der Waals surface area contributed by atoms with E-state index in [2.05, 4.69) is 37.5 Å². The highest BCUT2D eigenvalue weighted by Crippen LogP contribution is 2.34. The Kier molecular flexibility index (Phi) is 4.93. The van der Waals surface area contributed by atoms with E-state index in [1.165, 1.54) is 12.8 Å². The molecule has 0 aromatic carbocycles. The van der Waals surface area contributed by atoms with Gasteiger partial charge in [-0.05, 0) is 18.6 Å². The molecule has 12 heavy (non-hydrogen) atoms. The molecule has 0 aromatic heterocycles. The van der Waals surface area contributed by atoms with Crippen LogP contribution in [0.2, 0.25) is 0 Å². The molecule has 1 aliphatic rings. The summed E-state index contributed by atoms with van der Waals surface area (Å²) < 4.78 is 0. The average Bonchev–Trinajstić information content (AvgIpc) is 2.09. The Morgan fingerprint density at radius 2 is 2.00 bits per heavy atom. The highest BCUT2D eigenvalue weighted by molar-refractivity contribution is 8.76.